The number of rotatable bonds is 5. The normalized spacial score (nSPS) is 28.0. The van der Waals surface area contributed by atoms with Crippen LogP contribution in [0.25, 0.3) is 0 Å². The Kier molecular flexibility index (Phi) is 5.06. The van der Waals surface area contributed by atoms with Crippen molar-refractivity contribution in [1.29, 1.82) is 0 Å². The Labute approximate surface area is 128 Å². The van der Waals surface area contributed by atoms with Crippen LogP contribution < -0.4 is 16.0 Å². The molecule has 0 amide bonds. The first-order chi connectivity index (χ1) is 10.7. The molecule has 1 aromatic heterocycles. The molecule has 5 N–H and O–H groups in total. The van der Waals surface area contributed by atoms with Gasteiger partial charge < -0.3 is 29.5 Å². The molecule has 1 aliphatic heterocycles. The molecule has 23 heavy (non-hydrogen) atoms. The number of H-pyrrole nitrogens is 1. The smallest absolute Gasteiger partial charge is 0.470 e. The minimum absolute atomic E-state index is 0.250. The number of hydrogen-bond donors (Lipinski definition) is 5. The van der Waals surface area contributed by atoms with Crippen LogP contribution in [0.3, 0.4) is 0 Å². The van der Waals surface area contributed by atoms with Crippen molar-refractivity contribution in [3.63, 3.8) is 0 Å². The van der Waals surface area contributed by atoms with Crippen LogP contribution in [-0.4, -0.2) is 61.6 Å². The maximum Gasteiger partial charge on any atom is 0.470 e. The highest BCUT2D eigenvalue weighted by Crippen LogP contribution is 2.43. The summed E-state index contributed by atoms with van der Waals surface area (Å²) in [6, 6.07) is 0. The summed E-state index contributed by atoms with van der Waals surface area (Å²) in [6.07, 6.45) is -5.08. The topological polar surface area (TPSA) is 181 Å². The van der Waals surface area contributed by atoms with E-state index in [-0.39, 0.29) is 5.75 Å². The van der Waals surface area contributed by atoms with Gasteiger partial charge in [0.05, 0.1) is 19.9 Å². The zero-order chi connectivity index (χ0) is 17.4. The van der Waals surface area contributed by atoms with Gasteiger partial charge in [-0.2, -0.15) is 0 Å². The molecule has 1 aliphatic rings. The van der Waals surface area contributed by atoms with Crippen LogP contribution in [0.5, 0.6) is 5.75 Å². The molecule has 12 nitrogen and oxygen atoms in total. The molecule has 0 saturated carbocycles. The van der Waals surface area contributed by atoms with Crippen molar-refractivity contribution in [2.45, 2.75) is 24.5 Å². The number of phosphoric ester groups is 1. The predicted molar refractivity (Wildman–Crippen MR) is 71.8 cm³/mol. The van der Waals surface area contributed by atoms with E-state index < -0.39 is 50.2 Å². The Morgan fingerprint density at radius 2 is 2.09 bits per heavy atom. The highest BCUT2D eigenvalue weighted by Gasteiger charge is 2.48. The molecule has 2 heterocycles. The molecular formula is C10H15N2O10P. The van der Waals surface area contributed by atoms with Crippen molar-refractivity contribution in [1.82, 2.24) is 9.55 Å². The van der Waals surface area contributed by atoms with Gasteiger partial charge in [-0.25, -0.2) is 9.36 Å². The second-order valence-electron chi connectivity index (χ2n) is 4.66. The number of aromatic amines is 1. The summed E-state index contributed by atoms with van der Waals surface area (Å²) in [7, 11) is -3.79. The minimum Gasteiger partial charge on any atom is -0.490 e. The van der Waals surface area contributed by atoms with Crippen molar-refractivity contribution < 1.29 is 38.6 Å². The summed E-state index contributed by atoms with van der Waals surface area (Å²) in [5.74, 6) is -0.250. The van der Waals surface area contributed by atoms with Gasteiger partial charge in [0.2, 0.25) is 5.75 Å². The van der Waals surface area contributed by atoms with Gasteiger partial charge in [0.25, 0.3) is 5.56 Å². The highest BCUT2D eigenvalue weighted by atomic mass is 31.2. The molecule has 2 rings (SSSR count). The van der Waals surface area contributed by atoms with E-state index in [1.165, 1.54) is 7.11 Å². The van der Waals surface area contributed by atoms with Crippen molar-refractivity contribution in [3.8, 4) is 5.75 Å². The van der Waals surface area contributed by atoms with Crippen molar-refractivity contribution in [2.75, 3.05) is 13.7 Å². The quantitative estimate of drug-likeness (QED) is 0.348. The number of nitrogens with one attached hydrogen (secondary N) is 1. The first kappa shape index (κ1) is 17.8. The summed E-state index contributed by atoms with van der Waals surface area (Å²) in [5.41, 5.74) is -1.75. The monoisotopic (exact) mass is 354 g/mol. The van der Waals surface area contributed by atoms with Gasteiger partial charge in [-0.3, -0.25) is 18.9 Å². The Bertz CT molecular complexity index is 723. The maximum absolute atomic E-state index is 11.8. The standard InChI is InChI=1S/C10H15N2O10P/c1-20-4-2-12(10(16)11-8(4)15)9-6(14)7(5(3-13)21-9)22-23(17,18)19/h2,5-7,9,13-14H,3H2,1H3,(H,11,15,16)(H2,17,18,19)/t5-,6-,7-,9-/m1/s1. The average molecular weight is 354 g/mol. The van der Waals surface area contributed by atoms with E-state index in [1.807, 2.05) is 4.98 Å². The van der Waals surface area contributed by atoms with E-state index in [9.17, 15) is 24.4 Å². The van der Waals surface area contributed by atoms with E-state index in [2.05, 4.69) is 4.52 Å². The first-order valence-corrected chi connectivity index (χ1v) is 7.78. The van der Waals surface area contributed by atoms with Crippen LogP contribution in [0.1, 0.15) is 6.23 Å². The van der Waals surface area contributed by atoms with Crippen molar-refractivity contribution in [3.05, 3.63) is 27.0 Å². The maximum atomic E-state index is 11.8. The number of aromatic nitrogens is 2. The molecule has 0 radical (unpaired) electrons. The number of phosphoric acid groups is 1. The third-order valence-corrected chi connectivity index (χ3v) is 3.70. The third-order valence-electron chi connectivity index (χ3n) is 3.18. The number of hydrogen-bond acceptors (Lipinski definition) is 8. The van der Waals surface area contributed by atoms with E-state index in [0.29, 0.717) is 0 Å². The number of aliphatic hydroxyl groups excluding tert-OH is 2. The van der Waals surface area contributed by atoms with Gasteiger partial charge in [-0.05, 0) is 0 Å². The lowest BCUT2D eigenvalue weighted by molar-refractivity contribution is -0.0551. The molecule has 130 valence electrons. The number of ether oxygens (including phenoxy) is 2. The lowest BCUT2D eigenvalue weighted by Crippen LogP contribution is -2.39. The zero-order valence-corrected chi connectivity index (χ0v) is 12.6. The molecule has 0 bridgehead atoms. The van der Waals surface area contributed by atoms with Gasteiger partial charge in [0, 0.05) is 0 Å². The Hall–Kier alpha value is -1.53. The molecule has 0 unspecified atom stereocenters. The average Bonchev–Trinajstić information content (AvgIpc) is 2.74. The Morgan fingerprint density at radius 3 is 2.61 bits per heavy atom. The zero-order valence-electron chi connectivity index (χ0n) is 11.7. The molecule has 1 saturated heterocycles. The largest absolute Gasteiger partial charge is 0.490 e. The fourth-order valence-corrected chi connectivity index (χ4v) is 2.76. The van der Waals surface area contributed by atoms with Gasteiger partial charge >= 0.3 is 13.5 Å². The third kappa shape index (κ3) is 3.70. The van der Waals surface area contributed by atoms with Gasteiger partial charge in [-0.15, -0.1) is 0 Å². The molecule has 0 aliphatic carbocycles. The number of aliphatic hydroxyl groups is 2. The predicted octanol–water partition coefficient (Wildman–Crippen LogP) is -2.73. The highest BCUT2D eigenvalue weighted by molar-refractivity contribution is 7.46. The Balaban J connectivity index is 2.40. The van der Waals surface area contributed by atoms with Crippen LogP contribution >= 0.6 is 7.82 Å². The fraction of sp³-hybridized carbons (Fsp3) is 0.600. The van der Waals surface area contributed by atoms with E-state index in [4.69, 9.17) is 19.3 Å². The van der Waals surface area contributed by atoms with Crippen LogP contribution in [-0.2, 0) is 13.8 Å². The van der Waals surface area contributed by atoms with E-state index >= 15 is 0 Å². The first-order valence-electron chi connectivity index (χ1n) is 6.25. The SMILES string of the molecule is COc1cn([C@@H]2O[C@H](CO)[C@@H](OP(=O)(O)O)[C@H]2O)c(=O)[nH]c1=O. The van der Waals surface area contributed by atoms with E-state index in [0.717, 1.165) is 10.8 Å². The number of methoxy groups -OCH3 is 1. The van der Waals surface area contributed by atoms with Crippen LogP contribution in [0.4, 0.5) is 0 Å². The summed E-state index contributed by atoms with van der Waals surface area (Å²) in [5, 5.41) is 19.3. The lowest BCUT2D eigenvalue weighted by atomic mass is 10.1. The molecule has 1 aromatic rings. The summed E-state index contributed by atoms with van der Waals surface area (Å²) in [4.78, 5) is 42.9. The molecule has 0 spiro atoms. The summed E-state index contributed by atoms with van der Waals surface area (Å²) in [6.45, 7) is -0.729. The van der Waals surface area contributed by atoms with E-state index in [1.54, 1.807) is 0 Å². The fourth-order valence-electron chi connectivity index (χ4n) is 2.19. The summed E-state index contributed by atoms with van der Waals surface area (Å²) >= 11 is 0. The molecule has 13 heteroatoms. The van der Waals surface area contributed by atoms with Gasteiger partial charge in [0.15, 0.2) is 6.23 Å². The number of nitrogens with zero attached hydrogens (tertiary/aromatic N) is 1. The lowest BCUT2D eigenvalue weighted by Gasteiger charge is -2.20. The minimum atomic E-state index is -4.98. The van der Waals surface area contributed by atoms with Crippen molar-refractivity contribution >= 4 is 7.82 Å². The second kappa shape index (κ2) is 6.53. The van der Waals surface area contributed by atoms with Crippen molar-refractivity contribution in [2.24, 2.45) is 0 Å². The van der Waals surface area contributed by atoms with Crippen LogP contribution in [0, 0.1) is 0 Å². The molecule has 0 aromatic carbocycles. The van der Waals surface area contributed by atoms with Crippen LogP contribution in [0.2, 0.25) is 0 Å². The second-order valence-corrected chi connectivity index (χ2v) is 5.85. The van der Waals surface area contributed by atoms with Crippen LogP contribution in [0.15, 0.2) is 15.8 Å². The molecular weight excluding hydrogens is 339 g/mol. The Morgan fingerprint density at radius 1 is 1.43 bits per heavy atom. The molecule has 1 fully saturated rings. The molecule has 4 atom stereocenters. The summed E-state index contributed by atoms with van der Waals surface area (Å²) < 4.78 is 26.1. The van der Waals surface area contributed by atoms with Gasteiger partial charge in [-0.1, -0.05) is 0 Å². The van der Waals surface area contributed by atoms with Gasteiger partial charge in [0.1, 0.15) is 18.3 Å².